The lowest BCUT2D eigenvalue weighted by molar-refractivity contribution is -0.127. The number of benzene rings is 2. The van der Waals surface area contributed by atoms with Crippen LogP contribution < -0.4 is 10.1 Å². The molecule has 1 N–H and O–H groups in total. The molecule has 2 rings (SSSR count). The molecule has 1 atom stereocenters. The molecule has 0 aromatic heterocycles. The summed E-state index contributed by atoms with van der Waals surface area (Å²) in [5, 5.41) is 2.96. The largest absolute Gasteiger partial charge is 0.481 e. The van der Waals surface area contributed by atoms with E-state index in [0.717, 1.165) is 28.4 Å². The van der Waals surface area contributed by atoms with Gasteiger partial charge in [-0.25, -0.2) is 0 Å². The Hall–Kier alpha value is -1.94. The van der Waals surface area contributed by atoms with Crippen LogP contribution in [0.5, 0.6) is 5.75 Å². The lowest BCUT2D eigenvalue weighted by atomic mass is 10.1. The van der Waals surface area contributed by atoms with Gasteiger partial charge in [0.05, 0.1) is 0 Å². The van der Waals surface area contributed by atoms with Gasteiger partial charge in [0.15, 0.2) is 6.10 Å². The zero-order valence-corrected chi connectivity index (χ0v) is 17.2. The van der Waals surface area contributed by atoms with Crippen molar-refractivity contribution in [1.82, 2.24) is 5.32 Å². The highest BCUT2D eigenvalue weighted by Gasteiger charge is 2.16. The molecule has 0 aliphatic rings. The molecule has 3 nitrogen and oxygen atoms in total. The number of carbonyl (C=O) groups excluding carboxylic acids is 1. The van der Waals surface area contributed by atoms with E-state index in [2.05, 4.69) is 49.5 Å². The van der Waals surface area contributed by atoms with Gasteiger partial charge in [-0.3, -0.25) is 4.79 Å². The summed E-state index contributed by atoms with van der Waals surface area (Å²) < 4.78 is 5.89. The SMILES string of the molecule is Cc1ccc(CSCCNC(=O)[C@@H](C)Oc2cc(C)cc(C)c2C)cc1. The number of hydrogen-bond acceptors (Lipinski definition) is 3. The molecule has 4 heteroatoms. The summed E-state index contributed by atoms with van der Waals surface area (Å²) in [4.78, 5) is 12.3. The highest BCUT2D eigenvalue weighted by atomic mass is 32.2. The van der Waals surface area contributed by atoms with Gasteiger partial charge in [0.2, 0.25) is 0 Å². The second-order valence-corrected chi connectivity index (χ2v) is 7.90. The molecule has 0 unspecified atom stereocenters. The van der Waals surface area contributed by atoms with Gasteiger partial charge in [-0.1, -0.05) is 35.9 Å². The molecule has 0 spiro atoms. The molecule has 26 heavy (non-hydrogen) atoms. The smallest absolute Gasteiger partial charge is 0.260 e. The fraction of sp³-hybridized carbons (Fsp3) is 0.409. The minimum absolute atomic E-state index is 0.0699. The number of thioether (sulfide) groups is 1. The van der Waals surface area contributed by atoms with E-state index in [1.807, 2.05) is 31.7 Å². The van der Waals surface area contributed by atoms with Crippen LogP contribution in [-0.2, 0) is 10.5 Å². The van der Waals surface area contributed by atoms with E-state index in [1.54, 1.807) is 6.92 Å². The van der Waals surface area contributed by atoms with Crippen LogP contribution in [0.3, 0.4) is 0 Å². The van der Waals surface area contributed by atoms with Crippen LogP contribution in [0.2, 0.25) is 0 Å². The summed E-state index contributed by atoms with van der Waals surface area (Å²) in [5.74, 6) is 2.57. The van der Waals surface area contributed by atoms with Crippen LogP contribution in [0.15, 0.2) is 36.4 Å². The van der Waals surface area contributed by atoms with E-state index < -0.39 is 6.10 Å². The number of aryl methyl sites for hydroxylation is 3. The van der Waals surface area contributed by atoms with Gasteiger partial charge in [0.1, 0.15) is 5.75 Å². The van der Waals surface area contributed by atoms with Gasteiger partial charge >= 0.3 is 0 Å². The normalized spacial score (nSPS) is 11.9. The van der Waals surface area contributed by atoms with Crippen molar-refractivity contribution in [2.24, 2.45) is 0 Å². The molecule has 0 aliphatic heterocycles. The molecule has 0 aliphatic carbocycles. The fourth-order valence-corrected chi connectivity index (χ4v) is 3.45. The van der Waals surface area contributed by atoms with Gasteiger partial charge in [0, 0.05) is 18.1 Å². The zero-order valence-electron chi connectivity index (χ0n) is 16.4. The highest BCUT2D eigenvalue weighted by Crippen LogP contribution is 2.24. The quantitative estimate of drug-likeness (QED) is 0.681. The maximum atomic E-state index is 12.3. The van der Waals surface area contributed by atoms with Crippen molar-refractivity contribution in [3.05, 3.63) is 64.2 Å². The Morgan fingerprint density at radius 3 is 2.46 bits per heavy atom. The van der Waals surface area contributed by atoms with Crippen LogP contribution >= 0.6 is 11.8 Å². The average molecular weight is 372 g/mol. The van der Waals surface area contributed by atoms with Crippen molar-refractivity contribution < 1.29 is 9.53 Å². The lowest BCUT2D eigenvalue weighted by Crippen LogP contribution is -2.37. The second-order valence-electron chi connectivity index (χ2n) is 6.79. The first-order valence-electron chi connectivity index (χ1n) is 9.02. The van der Waals surface area contributed by atoms with Crippen molar-refractivity contribution in [3.8, 4) is 5.75 Å². The van der Waals surface area contributed by atoms with E-state index >= 15 is 0 Å². The summed E-state index contributed by atoms with van der Waals surface area (Å²) >= 11 is 1.82. The Labute approximate surface area is 161 Å². The van der Waals surface area contributed by atoms with E-state index in [-0.39, 0.29) is 5.91 Å². The molecule has 140 valence electrons. The predicted molar refractivity (Wildman–Crippen MR) is 111 cm³/mol. The first kappa shape index (κ1) is 20.4. The van der Waals surface area contributed by atoms with Crippen molar-refractivity contribution in [2.45, 2.75) is 46.5 Å². The van der Waals surface area contributed by atoms with Crippen molar-refractivity contribution in [2.75, 3.05) is 12.3 Å². The fourth-order valence-electron chi connectivity index (χ4n) is 2.63. The topological polar surface area (TPSA) is 38.3 Å². The number of rotatable bonds is 8. The summed E-state index contributed by atoms with van der Waals surface area (Å²) in [6.45, 7) is 10.7. The molecule has 2 aromatic rings. The first-order chi connectivity index (χ1) is 12.4. The molecule has 0 radical (unpaired) electrons. The van der Waals surface area contributed by atoms with Crippen LogP contribution in [-0.4, -0.2) is 24.3 Å². The second kappa shape index (κ2) is 9.67. The number of nitrogens with one attached hydrogen (secondary N) is 1. The maximum absolute atomic E-state index is 12.3. The number of carbonyl (C=O) groups is 1. The van der Waals surface area contributed by atoms with Gasteiger partial charge < -0.3 is 10.1 Å². The minimum Gasteiger partial charge on any atom is -0.481 e. The molecule has 0 fully saturated rings. The van der Waals surface area contributed by atoms with Gasteiger partial charge in [0.25, 0.3) is 5.91 Å². The third-order valence-electron chi connectivity index (χ3n) is 4.37. The van der Waals surface area contributed by atoms with Gasteiger partial charge in [-0.2, -0.15) is 11.8 Å². The van der Waals surface area contributed by atoms with Crippen molar-refractivity contribution in [1.29, 1.82) is 0 Å². The Kier molecular flexibility index (Phi) is 7.58. The van der Waals surface area contributed by atoms with E-state index in [4.69, 9.17) is 4.74 Å². The molecular weight excluding hydrogens is 342 g/mol. The van der Waals surface area contributed by atoms with Crippen molar-refractivity contribution in [3.63, 3.8) is 0 Å². The van der Waals surface area contributed by atoms with Crippen LogP contribution in [0, 0.1) is 27.7 Å². The third kappa shape index (κ3) is 6.10. The van der Waals surface area contributed by atoms with Crippen LogP contribution in [0.1, 0.15) is 34.7 Å². The number of amides is 1. The maximum Gasteiger partial charge on any atom is 0.260 e. The van der Waals surface area contributed by atoms with E-state index in [0.29, 0.717) is 6.54 Å². The molecule has 1 amide bonds. The van der Waals surface area contributed by atoms with Crippen LogP contribution in [0.25, 0.3) is 0 Å². The predicted octanol–water partition coefficient (Wildman–Crippen LogP) is 4.74. The molecule has 0 heterocycles. The monoisotopic (exact) mass is 371 g/mol. The van der Waals surface area contributed by atoms with Gasteiger partial charge in [-0.05, 0) is 62.9 Å². The van der Waals surface area contributed by atoms with E-state index in [9.17, 15) is 4.79 Å². The Morgan fingerprint density at radius 2 is 1.77 bits per heavy atom. The van der Waals surface area contributed by atoms with Gasteiger partial charge in [-0.15, -0.1) is 0 Å². The Morgan fingerprint density at radius 1 is 1.08 bits per heavy atom. The zero-order chi connectivity index (χ0) is 19.1. The summed E-state index contributed by atoms with van der Waals surface area (Å²) in [6, 6.07) is 12.7. The third-order valence-corrected chi connectivity index (χ3v) is 5.40. The average Bonchev–Trinajstić information content (AvgIpc) is 2.60. The molecule has 0 bridgehead atoms. The first-order valence-corrected chi connectivity index (χ1v) is 10.2. The standard InChI is InChI=1S/C22H29NO2S/c1-15-6-8-20(9-7-15)14-26-11-10-23-22(24)19(5)25-21-13-16(2)12-17(3)18(21)4/h6-9,12-13,19H,10-11,14H2,1-5H3,(H,23,24)/t19-/m1/s1. The minimum atomic E-state index is -0.503. The summed E-state index contributed by atoms with van der Waals surface area (Å²) in [7, 11) is 0. The molecule has 0 saturated heterocycles. The summed E-state index contributed by atoms with van der Waals surface area (Å²) in [6.07, 6.45) is -0.503. The Balaban J connectivity index is 1.73. The number of ether oxygens (including phenoxy) is 1. The molecular formula is C22H29NO2S. The lowest BCUT2D eigenvalue weighted by Gasteiger charge is -2.18. The summed E-state index contributed by atoms with van der Waals surface area (Å²) in [5.41, 5.74) is 6.00. The molecule has 2 aromatic carbocycles. The molecule has 0 saturated carbocycles. The van der Waals surface area contributed by atoms with E-state index in [1.165, 1.54) is 16.7 Å². The highest BCUT2D eigenvalue weighted by molar-refractivity contribution is 7.98. The number of hydrogen-bond donors (Lipinski definition) is 1. The van der Waals surface area contributed by atoms with Crippen molar-refractivity contribution >= 4 is 17.7 Å². The Bertz CT molecular complexity index is 741. The van der Waals surface area contributed by atoms with Crippen LogP contribution in [0.4, 0.5) is 0 Å².